The third-order valence-corrected chi connectivity index (χ3v) is 3.37. The molecular formula is C10H11ClN2O4. The van der Waals surface area contributed by atoms with Crippen molar-refractivity contribution < 1.29 is 14.6 Å². The standard InChI is InChI=1S/C10H11ClN2O4/c1-4-3-13-9-7(6(14)5(2-11)16-9)17-10(13)12-8(4)15/h3,5-7,9,14H,2H2,1H3/t5-,6+,7+,9-/m1/s1. The minimum atomic E-state index is -0.811. The number of halogens is 1. The monoisotopic (exact) mass is 258 g/mol. The smallest absolute Gasteiger partial charge is 0.302 e. The van der Waals surface area contributed by atoms with E-state index in [-0.39, 0.29) is 17.4 Å². The minimum absolute atomic E-state index is 0.183. The Hall–Kier alpha value is -1.11. The quantitative estimate of drug-likeness (QED) is 0.707. The van der Waals surface area contributed by atoms with E-state index < -0.39 is 24.5 Å². The van der Waals surface area contributed by atoms with Gasteiger partial charge >= 0.3 is 6.01 Å². The topological polar surface area (TPSA) is 73.6 Å². The molecule has 2 aliphatic rings. The van der Waals surface area contributed by atoms with Crippen LogP contribution in [0.25, 0.3) is 0 Å². The van der Waals surface area contributed by atoms with E-state index in [0.29, 0.717) is 5.56 Å². The maximum atomic E-state index is 11.4. The molecule has 0 aromatic carbocycles. The van der Waals surface area contributed by atoms with E-state index in [4.69, 9.17) is 21.1 Å². The van der Waals surface area contributed by atoms with Gasteiger partial charge in [0.05, 0.1) is 5.88 Å². The zero-order valence-corrected chi connectivity index (χ0v) is 9.79. The lowest BCUT2D eigenvalue weighted by atomic mass is 10.1. The molecule has 0 saturated carbocycles. The van der Waals surface area contributed by atoms with Crippen molar-refractivity contribution >= 4 is 11.6 Å². The number of aliphatic hydroxyl groups excluding tert-OH is 1. The summed E-state index contributed by atoms with van der Waals surface area (Å²) in [5.74, 6) is 0.194. The lowest BCUT2D eigenvalue weighted by molar-refractivity contribution is -0.00472. The van der Waals surface area contributed by atoms with Crippen molar-refractivity contribution in [1.29, 1.82) is 0 Å². The Morgan fingerprint density at radius 3 is 3.12 bits per heavy atom. The lowest BCUT2D eigenvalue weighted by Gasteiger charge is -2.14. The number of hydrogen-bond donors (Lipinski definition) is 1. The minimum Gasteiger partial charge on any atom is -0.453 e. The molecule has 1 aromatic rings. The van der Waals surface area contributed by atoms with Gasteiger partial charge in [0.15, 0.2) is 12.3 Å². The largest absolute Gasteiger partial charge is 0.453 e. The number of rotatable bonds is 1. The molecule has 0 bridgehead atoms. The summed E-state index contributed by atoms with van der Waals surface area (Å²) in [7, 11) is 0. The fraction of sp³-hybridized carbons (Fsp3) is 0.600. The highest BCUT2D eigenvalue weighted by atomic mass is 35.5. The molecule has 0 unspecified atom stereocenters. The normalized spacial score (nSPS) is 34.3. The summed E-state index contributed by atoms with van der Waals surface area (Å²) in [4.78, 5) is 15.2. The number of aryl methyl sites for hydroxylation is 1. The van der Waals surface area contributed by atoms with Gasteiger partial charge in [0.2, 0.25) is 0 Å². The molecule has 4 atom stereocenters. The van der Waals surface area contributed by atoms with Crippen molar-refractivity contribution in [2.75, 3.05) is 5.88 Å². The Bertz CT molecular complexity index is 518. The van der Waals surface area contributed by atoms with Crippen LogP contribution in [0.5, 0.6) is 6.01 Å². The molecule has 3 heterocycles. The van der Waals surface area contributed by atoms with Crippen LogP contribution in [0.15, 0.2) is 11.0 Å². The van der Waals surface area contributed by atoms with Crippen LogP contribution in [0.4, 0.5) is 0 Å². The predicted octanol–water partition coefficient (Wildman–Crippen LogP) is -0.190. The average molecular weight is 259 g/mol. The van der Waals surface area contributed by atoms with Crippen LogP contribution >= 0.6 is 11.6 Å². The summed E-state index contributed by atoms with van der Waals surface area (Å²) in [6.45, 7) is 1.67. The second-order valence-corrected chi connectivity index (χ2v) is 4.52. The van der Waals surface area contributed by atoms with Gasteiger partial charge in [-0.15, -0.1) is 11.6 Å². The fourth-order valence-electron chi connectivity index (χ4n) is 2.14. The first-order valence-corrected chi connectivity index (χ1v) is 5.81. The summed E-state index contributed by atoms with van der Waals surface area (Å²) in [5.41, 5.74) is 0.171. The zero-order valence-electron chi connectivity index (χ0n) is 9.04. The molecule has 6 nitrogen and oxygen atoms in total. The maximum Gasteiger partial charge on any atom is 0.302 e. The molecular weight excluding hydrogens is 248 g/mol. The van der Waals surface area contributed by atoms with E-state index in [1.165, 1.54) is 0 Å². The molecule has 0 spiro atoms. The van der Waals surface area contributed by atoms with Gasteiger partial charge in [-0.05, 0) is 6.92 Å². The molecule has 1 fully saturated rings. The first-order valence-electron chi connectivity index (χ1n) is 5.27. The molecule has 92 valence electrons. The van der Waals surface area contributed by atoms with Crippen molar-refractivity contribution in [3.63, 3.8) is 0 Å². The number of hydrogen-bond acceptors (Lipinski definition) is 5. The molecule has 1 aromatic heterocycles. The summed E-state index contributed by atoms with van der Waals surface area (Å²) < 4.78 is 12.6. The summed E-state index contributed by atoms with van der Waals surface area (Å²) in [5, 5.41) is 9.92. The Balaban J connectivity index is 2.02. The first kappa shape index (κ1) is 11.0. The number of aliphatic hydroxyl groups is 1. The van der Waals surface area contributed by atoms with Crippen LogP contribution in [0.3, 0.4) is 0 Å². The molecule has 17 heavy (non-hydrogen) atoms. The molecule has 1 N–H and O–H groups in total. The molecule has 7 heteroatoms. The molecule has 3 rings (SSSR count). The van der Waals surface area contributed by atoms with Gasteiger partial charge in [-0.3, -0.25) is 9.36 Å². The van der Waals surface area contributed by atoms with E-state index >= 15 is 0 Å². The molecule has 0 aliphatic carbocycles. The third kappa shape index (κ3) is 1.48. The van der Waals surface area contributed by atoms with Gasteiger partial charge < -0.3 is 14.6 Å². The maximum absolute atomic E-state index is 11.4. The molecule has 1 saturated heterocycles. The van der Waals surface area contributed by atoms with Crippen molar-refractivity contribution in [3.05, 3.63) is 22.1 Å². The Labute approximate surface area is 102 Å². The van der Waals surface area contributed by atoms with E-state index in [2.05, 4.69) is 4.98 Å². The van der Waals surface area contributed by atoms with E-state index in [1.807, 2.05) is 0 Å². The SMILES string of the molecule is Cc1cn2c(nc1=O)O[C@H]1[C@@H](O)[C@@H](CCl)O[C@H]12. The van der Waals surface area contributed by atoms with Gasteiger partial charge in [-0.2, -0.15) is 4.98 Å². The Kier molecular flexibility index (Phi) is 2.39. The number of fused-ring (bicyclic) bond motifs is 3. The van der Waals surface area contributed by atoms with Crippen molar-refractivity contribution in [2.45, 2.75) is 31.5 Å². The lowest BCUT2D eigenvalue weighted by Crippen LogP contribution is -2.34. The van der Waals surface area contributed by atoms with Gasteiger partial charge in [-0.25, -0.2) is 0 Å². The second kappa shape index (κ2) is 3.69. The van der Waals surface area contributed by atoms with Crippen LogP contribution in [0, 0.1) is 6.92 Å². The molecule has 0 amide bonds. The Morgan fingerprint density at radius 2 is 2.41 bits per heavy atom. The van der Waals surface area contributed by atoms with Crippen LogP contribution in [0.1, 0.15) is 11.8 Å². The number of nitrogens with zero attached hydrogens (tertiary/aromatic N) is 2. The molecule has 0 radical (unpaired) electrons. The summed E-state index contributed by atoms with van der Waals surface area (Å²) in [6.07, 6.45) is -0.657. The number of ether oxygens (including phenoxy) is 2. The van der Waals surface area contributed by atoms with Crippen LogP contribution in [-0.2, 0) is 4.74 Å². The van der Waals surface area contributed by atoms with E-state index in [1.54, 1.807) is 17.7 Å². The highest BCUT2D eigenvalue weighted by molar-refractivity contribution is 6.18. The van der Waals surface area contributed by atoms with Crippen LogP contribution in [0.2, 0.25) is 0 Å². The predicted molar refractivity (Wildman–Crippen MR) is 58.3 cm³/mol. The molecule has 2 aliphatic heterocycles. The van der Waals surface area contributed by atoms with Crippen molar-refractivity contribution in [3.8, 4) is 6.01 Å². The van der Waals surface area contributed by atoms with Gasteiger partial charge in [0.1, 0.15) is 12.2 Å². The van der Waals surface area contributed by atoms with Crippen LogP contribution < -0.4 is 10.3 Å². The van der Waals surface area contributed by atoms with Gasteiger partial charge in [0.25, 0.3) is 5.56 Å². The highest BCUT2D eigenvalue weighted by Gasteiger charge is 2.50. The van der Waals surface area contributed by atoms with Gasteiger partial charge in [-0.1, -0.05) is 0 Å². The van der Waals surface area contributed by atoms with Crippen molar-refractivity contribution in [1.82, 2.24) is 9.55 Å². The zero-order chi connectivity index (χ0) is 12.2. The number of aromatic nitrogens is 2. The van der Waals surface area contributed by atoms with E-state index in [0.717, 1.165) is 0 Å². The highest BCUT2D eigenvalue weighted by Crippen LogP contribution is 2.39. The van der Waals surface area contributed by atoms with Gasteiger partial charge in [0, 0.05) is 11.8 Å². The number of alkyl halides is 1. The average Bonchev–Trinajstić information content (AvgIpc) is 2.78. The third-order valence-electron chi connectivity index (χ3n) is 3.07. The van der Waals surface area contributed by atoms with Crippen molar-refractivity contribution in [2.24, 2.45) is 0 Å². The summed E-state index contributed by atoms with van der Waals surface area (Å²) >= 11 is 5.68. The first-order chi connectivity index (χ1) is 8.11. The van der Waals surface area contributed by atoms with E-state index in [9.17, 15) is 9.90 Å². The fourth-order valence-corrected chi connectivity index (χ4v) is 2.40. The van der Waals surface area contributed by atoms with Crippen LogP contribution in [-0.4, -0.2) is 38.8 Å². The Morgan fingerprint density at radius 1 is 1.65 bits per heavy atom. The summed E-state index contributed by atoms with van der Waals surface area (Å²) in [6, 6.07) is 0.183. The second-order valence-electron chi connectivity index (χ2n) is 4.21.